The molecule has 1 aliphatic rings. The number of nitrogens with zero attached hydrogens (tertiary/aromatic N) is 3. The van der Waals surface area contributed by atoms with E-state index in [9.17, 15) is 4.79 Å². The van der Waals surface area contributed by atoms with E-state index in [0.29, 0.717) is 36.0 Å². The van der Waals surface area contributed by atoms with Gasteiger partial charge in [-0.3, -0.25) is 9.69 Å². The van der Waals surface area contributed by atoms with Gasteiger partial charge in [-0.25, -0.2) is 4.99 Å². The van der Waals surface area contributed by atoms with Crippen LogP contribution in [0.5, 0.6) is 11.5 Å². The second-order valence-corrected chi connectivity index (χ2v) is 9.31. The lowest BCUT2D eigenvalue weighted by molar-refractivity contribution is -0.122. The van der Waals surface area contributed by atoms with Crippen molar-refractivity contribution < 1.29 is 14.3 Å². The molecule has 6 rings (SSSR count). The van der Waals surface area contributed by atoms with E-state index in [4.69, 9.17) is 14.5 Å². The van der Waals surface area contributed by atoms with E-state index in [1.54, 1.807) is 19.1 Å². The van der Waals surface area contributed by atoms with Gasteiger partial charge in [-0.2, -0.15) is 0 Å². The maximum atomic E-state index is 13.8. The second-order valence-electron chi connectivity index (χ2n) is 9.31. The van der Waals surface area contributed by atoms with Crippen molar-refractivity contribution >= 4 is 39.6 Å². The van der Waals surface area contributed by atoms with Crippen LogP contribution in [0.2, 0.25) is 0 Å². The molecule has 2 aromatic heterocycles. The summed E-state index contributed by atoms with van der Waals surface area (Å²) in [6.07, 6.45) is 6.62. The van der Waals surface area contributed by atoms with Crippen LogP contribution in [0.1, 0.15) is 16.7 Å². The fraction of sp³-hybridized carbons (Fsp3) is 0.161. The number of rotatable bonds is 7. The quantitative estimate of drug-likeness (QED) is 0.296. The van der Waals surface area contributed by atoms with Crippen LogP contribution < -0.4 is 9.47 Å². The molecule has 38 heavy (non-hydrogen) atoms. The maximum absolute atomic E-state index is 13.8. The van der Waals surface area contributed by atoms with E-state index in [1.165, 1.54) is 0 Å². The van der Waals surface area contributed by atoms with E-state index < -0.39 is 0 Å². The highest BCUT2D eigenvalue weighted by molar-refractivity contribution is 6.20. The number of para-hydroxylation sites is 2. The van der Waals surface area contributed by atoms with Crippen molar-refractivity contribution in [2.45, 2.75) is 6.42 Å². The zero-order valence-corrected chi connectivity index (χ0v) is 21.6. The normalized spacial score (nSPS) is 14.6. The molecule has 0 radical (unpaired) electrons. The lowest BCUT2D eigenvalue weighted by Gasteiger charge is -2.19. The number of benzene rings is 3. The summed E-state index contributed by atoms with van der Waals surface area (Å²) < 4.78 is 13.0. The van der Waals surface area contributed by atoms with Gasteiger partial charge in [0.15, 0.2) is 11.5 Å². The maximum Gasteiger partial charge on any atom is 0.278 e. The van der Waals surface area contributed by atoms with Gasteiger partial charge in [0.25, 0.3) is 5.91 Å². The van der Waals surface area contributed by atoms with Gasteiger partial charge in [0.1, 0.15) is 11.5 Å². The van der Waals surface area contributed by atoms with Crippen LogP contribution in [0.4, 0.5) is 0 Å². The summed E-state index contributed by atoms with van der Waals surface area (Å²) in [4.78, 5) is 23.8. The summed E-state index contributed by atoms with van der Waals surface area (Å²) in [7, 11) is 5.21. The number of fused-ring (bicyclic) bond motifs is 2. The number of aliphatic imine (C=N–C) groups is 1. The highest BCUT2D eigenvalue weighted by atomic mass is 16.5. The Hall–Kier alpha value is -4.78. The van der Waals surface area contributed by atoms with Crippen molar-refractivity contribution in [3.8, 4) is 11.5 Å². The Bertz CT molecular complexity index is 1740. The first-order valence-corrected chi connectivity index (χ1v) is 12.5. The van der Waals surface area contributed by atoms with Gasteiger partial charge >= 0.3 is 0 Å². The van der Waals surface area contributed by atoms with Gasteiger partial charge < -0.3 is 19.0 Å². The number of carbonyl (C=O) groups excluding carboxylic acids is 1. The van der Waals surface area contributed by atoms with E-state index in [0.717, 1.165) is 38.5 Å². The molecule has 190 valence electrons. The van der Waals surface area contributed by atoms with Gasteiger partial charge in [0, 0.05) is 58.9 Å². The lowest BCUT2D eigenvalue weighted by Crippen LogP contribution is -2.34. The number of methoxy groups -OCH3 is 2. The number of nitrogens with one attached hydrogen (secondary N) is 1. The summed E-state index contributed by atoms with van der Waals surface area (Å²) in [5.41, 5.74) is 5.50. The molecule has 1 amide bonds. The number of H-pyrrole nitrogens is 1. The number of hydrogen-bond acceptors (Lipinski definition) is 4. The summed E-state index contributed by atoms with van der Waals surface area (Å²) in [6, 6.07) is 22.0. The van der Waals surface area contributed by atoms with Crippen LogP contribution in [-0.2, 0) is 18.3 Å². The SMILES string of the molecule is COc1ccc(C2=N/C(=C\c3cn(C)c4ccccc34)C(=O)N2CCc2c[nH]c3ccccc23)cc1OC. The molecule has 1 N–H and O–H groups in total. The highest BCUT2D eigenvalue weighted by Crippen LogP contribution is 2.32. The number of aryl methyl sites for hydroxylation is 1. The minimum absolute atomic E-state index is 0.123. The number of amides is 1. The number of amidine groups is 1. The van der Waals surface area contributed by atoms with E-state index in [1.807, 2.05) is 68.0 Å². The van der Waals surface area contributed by atoms with Crippen LogP contribution in [-0.4, -0.2) is 47.0 Å². The summed E-state index contributed by atoms with van der Waals surface area (Å²) >= 11 is 0. The molecule has 0 bridgehead atoms. The second kappa shape index (κ2) is 9.59. The molecule has 0 unspecified atom stereocenters. The Labute approximate surface area is 220 Å². The first-order chi connectivity index (χ1) is 18.6. The third kappa shape index (κ3) is 4.02. The van der Waals surface area contributed by atoms with Gasteiger partial charge in [0.2, 0.25) is 0 Å². The molecule has 0 aliphatic carbocycles. The topological polar surface area (TPSA) is 71.9 Å². The molecule has 1 aliphatic heterocycles. The standard InChI is InChI=1S/C31H28N4O3/c1-34-19-22(24-9-5-7-11-27(24)34)16-26-31(36)35(15-14-21-18-32-25-10-6-4-8-23(21)25)30(33-26)20-12-13-28(37-2)29(17-20)38-3/h4-13,16-19,32H,14-15H2,1-3H3/b26-16-. The molecule has 0 atom stereocenters. The average molecular weight is 505 g/mol. The van der Waals surface area contributed by atoms with Crippen molar-refractivity contribution in [1.29, 1.82) is 0 Å². The van der Waals surface area contributed by atoms with E-state index in [2.05, 4.69) is 33.8 Å². The van der Waals surface area contributed by atoms with Crippen LogP contribution in [0.3, 0.4) is 0 Å². The Kier molecular flexibility index (Phi) is 5.96. The minimum Gasteiger partial charge on any atom is -0.493 e. The minimum atomic E-state index is -0.123. The fourth-order valence-electron chi connectivity index (χ4n) is 5.16. The molecule has 0 fully saturated rings. The van der Waals surface area contributed by atoms with Crippen molar-refractivity contribution in [1.82, 2.24) is 14.5 Å². The Morgan fingerprint density at radius 1 is 0.947 bits per heavy atom. The molecular weight excluding hydrogens is 476 g/mol. The number of carbonyl (C=O) groups is 1. The van der Waals surface area contributed by atoms with Crippen LogP contribution in [0.25, 0.3) is 27.9 Å². The Morgan fingerprint density at radius 3 is 2.53 bits per heavy atom. The first-order valence-electron chi connectivity index (χ1n) is 12.5. The third-order valence-electron chi connectivity index (χ3n) is 7.09. The fourth-order valence-corrected chi connectivity index (χ4v) is 5.16. The first kappa shape index (κ1) is 23.6. The molecule has 0 spiro atoms. The Morgan fingerprint density at radius 2 is 1.71 bits per heavy atom. The van der Waals surface area contributed by atoms with Crippen molar-refractivity contribution in [2.24, 2.45) is 12.0 Å². The molecular formula is C31H28N4O3. The molecule has 5 aromatic rings. The summed E-state index contributed by atoms with van der Waals surface area (Å²) in [5.74, 6) is 1.69. The van der Waals surface area contributed by atoms with Crippen molar-refractivity contribution in [3.63, 3.8) is 0 Å². The van der Waals surface area contributed by atoms with Crippen molar-refractivity contribution in [2.75, 3.05) is 20.8 Å². The van der Waals surface area contributed by atoms with Gasteiger partial charge in [-0.05, 0) is 48.4 Å². The highest BCUT2D eigenvalue weighted by Gasteiger charge is 2.32. The van der Waals surface area contributed by atoms with Crippen LogP contribution >= 0.6 is 0 Å². The van der Waals surface area contributed by atoms with Gasteiger partial charge in [-0.1, -0.05) is 36.4 Å². The van der Waals surface area contributed by atoms with E-state index >= 15 is 0 Å². The monoisotopic (exact) mass is 504 g/mol. The molecule has 3 aromatic carbocycles. The summed E-state index contributed by atoms with van der Waals surface area (Å²) in [5, 5.41) is 2.24. The van der Waals surface area contributed by atoms with Gasteiger partial charge in [-0.15, -0.1) is 0 Å². The lowest BCUT2D eigenvalue weighted by atomic mass is 10.1. The number of ether oxygens (including phenoxy) is 2. The molecule has 7 nitrogen and oxygen atoms in total. The van der Waals surface area contributed by atoms with E-state index in [-0.39, 0.29) is 5.91 Å². The third-order valence-corrected chi connectivity index (χ3v) is 7.09. The molecule has 0 saturated carbocycles. The van der Waals surface area contributed by atoms with Crippen LogP contribution in [0, 0.1) is 0 Å². The average Bonchev–Trinajstić information content (AvgIpc) is 3.61. The van der Waals surface area contributed by atoms with Gasteiger partial charge in [0.05, 0.1) is 14.2 Å². The summed E-state index contributed by atoms with van der Waals surface area (Å²) in [6.45, 7) is 0.487. The van der Waals surface area contributed by atoms with Crippen molar-refractivity contribution in [3.05, 3.63) is 102 Å². The zero-order chi connectivity index (χ0) is 26.2. The molecule has 3 heterocycles. The molecule has 7 heteroatoms. The predicted molar refractivity (Wildman–Crippen MR) is 151 cm³/mol. The number of aromatic nitrogens is 2. The predicted octanol–water partition coefficient (Wildman–Crippen LogP) is 5.55. The van der Waals surface area contributed by atoms with Crippen LogP contribution in [0.15, 0.2) is 89.8 Å². The number of aromatic amines is 1. The molecule has 0 saturated heterocycles. The number of hydrogen-bond donors (Lipinski definition) is 1. The zero-order valence-electron chi connectivity index (χ0n) is 21.6. The largest absolute Gasteiger partial charge is 0.493 e. The smallest absolute Gasteiger partial charge is 0.278 e. The Balaban J connectivity index is 1.40.